The molecule has 1 aliphatic rings. The number of nitrogens with zero attached hydrogens (tertiary/aromatic N) is 3. The van der Waals surface area contributed by atoms with Crippen LogP contribution in [0.25, 0.3) is 0 Å². The molecule has 5 heteroatoms. The molecule has 0 fully saturated rings. The van der Waals surface area contributed by atoms with E-state index in [9.17, 15) is 8.78 Å². The summed E-state index contributed by atoms with van der Waals surface area (Å²) in [5, 5.41) is 7.63. The minimum Gasteiger partial charge on any atom is -0.249 e. The predicted octanol–water partition coefficient (Wildman–Crippen LogP) is 3.14. The molecule has 0 unspecified atom stereocenters. The fourth-order valence-electron chi connectivity index (χ4n) is 2.29. The lowest BCUT2D eigenvalue weighted by atomic mass is 9.98. The summed E-state index contributed by atoms with van der Waals surface area (Å²) in [4.78, 5) is 0. The molecular formula is C12H19F2N3. The first-order valence-corrected chi connectivity index (χ1v) is 6.31. The highest BCUT2D eigenvalue weighted by Crippen LogP contribution is 2.36. The Morgan fingerprint density at radius 2 is 2.06 bits per heavy atom. The van der Waals surface area contributed by atoms with E-state index in [1.807, 2.05) is 0 Å². The number of rotatable bonds is 2. The summed E-state index contributed by atoms with van der Waals surface area (Å²) in [5.74, 6) is -2.41. The van der Waals surface area contributed by atoms with E-state index in [2.05, 4.69) is 24.2 Å². The van der Waals surface area contributed by atoms with Crippen molar-refractivity contribution in [2.24, 2.45) is 5.92 Å². The van der Waals surface area contributed by atoms with Gasteiger partial charge in [0.1, 0.15) is 0 Å². The maximum Gasteiger partial charge on any atom is 0.293 e. The lowest BCUT2D eigenvalue weighted by molar-refractivity contribution is -0.0226. The number of halogens is 2. The zero-order valence-electron chi connectivity index (χ0n) is 10.4. The van der Waals surface area contributed by atoms with Gasteiger partial charge < -0.3 is 0 Å². The van der Waals surface area contributed by atoms with Crippen LogP contribution in [0.5, 0.6) is 0 Å². The Balaban J connectivity index is 2.35. The maximum atomic E-state index is 13.9. The van der Waals surface area contributed by atoms with Crippen LogP contribution in [-0.4, -0.2) is 15.0 Å². The Kier molecular flexibility index (Phi) is 3.45. The van der Waals surface area contributed by atoms with Crippen LogP contribution in [0.4, 0.5) is 8.78 Å². The summed E-state index contributed by atoms with van der Waals surface area (Å²) in [5.41, 5.74) is 0.557. The SMILES string of the molecule is CC(C)Cn1nnc2c1CCCCCC2(F)F. The van der Waals surface area contributed by atoms with Crippen LogP contribution in [0.3, 0.4) is 0 Å². The van der Waals surface area contributed by atoms with E-state index in [4.69, 9.17) is 0 Å². The second kappa shape index (κ2) is 4.70. The molecule has 1 aromatic rings. The summed E-state index contributed by atoms with van der Waals surface area (Å²) >= 11 is 0. The molecule has 0 N–H and O–H groups in total. The molecule has 0 saturated heterocycles. The maximum absolute atomic E-state index is 13.9. The second-order valence-electron chi connectivity index (χ2n) is 5.23. The molecule has 1 aromatic heterocycles. The van der Waals surface area contributed by atoms with Gasteiger partial charge in [0.25, 0.3) is 5.92 Å². The minimum atomic E-state index is -2.80. The monoisotopic (exact) mass is 243 g/mol. The third-order valence-electron chi connectivity index (χ3n) is 3.13. The first-order valence-electron chi connectivity index (χ1n) is 6.31. The zero-order valence-corrected chi connectivity index (χ0v) is 10.4. The Hall–Kier alpha value is -1.00. The number of hydrogen-bond donors (Lipinski definition) is 0. The van der Waals surface area contributed by atoms with Crippen molar-refractivity contribution in [2.75, 3.05) is 0 Å². The van der Waals surface area contributed by atoms with Gasteiger partial charge in [-0.2, -0.15) is 8.78 Å². The number of alkyl halides is 2. The van der Waals surface area contributed by atoms with E-state index in [1.54, 1.807) is 4.68 Å². The average molecular weight is 243 g/mol. The van der Waals surface area contributed by atoms with E-state index < -0.39 is 5.92 Å². The van der Waals surface area contributed by atoms with Crippen LogP contribution in [-0.2, 0) is 18.9 Å². The first kappa shape index (κ1) is 12.5. The highest BCUT2D eigenvalue weighted by molar-refractivity contribution is 5.17. The normalized spacial score (nSPS) is 19.8. The van der Waals surface area contributed by atoms with Gasteiger partial charge in [0.15, 0.2) is 5.69 Å². The Bertz CT molecular complexity index is 385. The van der Waals surface area contributed by atoms with Gasteiger partial charge in [-0.3, -0.25) is 0 Å². The van der Waals surface area contributed by atoms with Crippen LogP contribution in [0, 0.1) is 5.92 Å². The average Bonchev–Trinajstić information content (AvgIpc) is 2.58. The third kappa shape index (κ3) is 2.64. The van der Waals surface area contributed by atoms with E-state index in [-0.39, 0.29) is 12.1 Å². The Morgan fingerprint density at radius 3 is 2.76 bits per heavy atom. The van der Waals surface area contributed by atoms with Gasteiger partial charge in [-0.25, -0.2) is 4.68 Å². The fraction of sp³-hybridized carbons (Fsp3) is 0.833. The molecule has 0 amide bonds. The van der Waals surface area contributed by atoms with Gasteiger partial charge in [0.05, 0.1) is 5.69 Å². The van der Waals surface area contributed by atoms with Gasteiger partial charge in [0.2, 0.25) is 0 Å². The molecule has 0 aliphatic heterocycles. The lowest BCUT2D eigenvalue weighted by Gasteiger charge is -2.19. The molecule has 0 radical (unpaired) electrons. The molecule has 96 valence electrons. The van der Waals surface area contributed by atoms with Crippen molar-refractivity contribution in [3.8, 4) is 0 Å². The highest BCUT2D eigenvalue weighted by atomic mass is 19.3. The molecule has 0 saturated carbocycles. The van der Waals surface area contributed by atoms with Crippen molar-refractivity contribution in [1.82, 2.24) is 15.0 Å². The summed E-state index contributed by atoms with van der Waals surface area (Å²) in [6, 6.07) is 0. The first-order chi connectivity index (χ1) is 8.00. The van der Waals surface area contributed by atoms with Gasteiger partial charge in [-0.15, -0.1) is 5.10 Å². The molecule has 0 atom stereocenters. The third-order valence-corrected chi connectivity index (χ3v) is 3.13. The number of fused-ring (bicyclic) bond motifs is 1. The van der Waals surface area contributed by atoms with Gasteiger partial charge >= 0.3 is 0 Å². The van der Waals surface area contributed by atoms with Crippen LogP contribution in [0.15, 0.2) is 0 Å². The second-order valence-corrected chi connectivity index (χ2v) is 5.23. The lowest BCUT2D eigenvalue weighted by Crippen LogP contribution is -2.20. The molecule has 1 aliphatic carbocycles. The van der Waals surface area contributed by atoms with E-state index in [0.29, 0.717) is 31.0 Å². The van der Waals surface area contributed by atoms with Crippen molar-refractivity contribution >= 4 is 0 Å². The Labute approximate surface area is 100 Å². The van der Waals surface area contributed by atoms with E-state index in [1.165, 1.54) is 0 Å². The quantitative estimate of drug-likeness (QED) is 0.799. The summed E-state index contributed by atoms with van der Waals surface area (Å²) in [7, 11) is 0. The van der Waals surface area contributed by atoms with Crippen molar-refractivity contribution in [3.63, 3.8) is 0 Å². The molecule has 2 rings (SSSR count). The topological polar surface area (TPSA) is 30.7 Å². The van der Waals surface area contributed by atoms with E-state index in [0.717, 1.165) is 12.8 Å². The van der Waals surface area contributed by atoms with Crippen molar-refractivity contribution in [2.45, 2.75) is 58.4 Å². The zero-order chi connectivity index (χ0) is 12.5. The largest absolute Gasteiger partial charge is 0.293 e. The van der Waals surface area contributed by atoms with E-state index >= 15 is 0 Å². The van der Waals surface area contributed by atoms with Crippen molar-refractivity contribution in [1.29, 1.82) is 0 Å². The van der Waals surface area contributed by atoms with Crippen LogP contribution < -0.4 is 0 Å². The van der Waals surface area contributed by atoms with Crippen molar-refractivity contribution in [3.05, 3.63) is 11.4 Å². The number of hydrogen-bond acceptors (Lipinski definition) is 2. The minimum absolute atomic E-state index is 0.0853. The van der Waals surface area contributed by atoms with Gasteiger partial charge in [0, 0.05) is 13.0 Å². The van der Waals surface area contributed by atoms with Crippen LogP contribution in [0.2, 0.25) is 0 Å². The van der Waals surface area contributed by atoms with Crippen LogP contribution >= 0.6 is 0 Å². The fourth-order valence-corrected chi connectivity index (χ4v) is 2.29. The standard InChI is InChI=1S/C12H19F2N3/c1-9(2)8-17-10-6-4-3-5-7-12(13,14)11(10)15-16-17/h9H,3-8H2,1-2H3. The van der Waals surface area contributed by atoms with Crippen molar-refractivity contribution < 1.29 is 8.78 Å². The summed E-state index contributed by atoms with van der Waals surface area (Å²) in [6.45, 7) is 4.77. The van der Waals surface area contributed by atoms with Gasteiger partial charge in [-0.05, 0) is 25.2 Å². The summed E-state index contributed by atoms with van der Waals surface area (Å²) in [6.07, 6.45) is 2.96. The predicted molar refractivity (Wildman–Crippen MR) is 60.9 cm³/mol. The molecule has 1 heterocycles. The molecule has 0 bridgehead atoms. The molecular weight excluding hydrogens is 224 g/mol. The highest BCUT2D eigenvalue weighted by Gasteiger charge is 2.38. The number of aromatic nitrogens is 3. The Morgan fingerprint density at radius 1 is 1.29 bits per heavy atom. The molecule has 0 aromatic carbocycles. The molecule has 0 spiro atoms. The smallest absolute Gasteiger partial charge is 0.249 e. The molecule has 17 heavy (non-hydrogen) atoms. The van der Waals surface area contributed by atoms with Crippen LogP contribution in [0.1, 0.15) is 50.9 Å². The molecule has 3 nitrogen and oxygen atoms in total. The van der Waals surface area contributed by atoms with Gasteiger partial charge in [-0.1, -0.05) is 25.5 Å². The summed E-state index contributed by atoms with van der Waals surface area (Å²) < 4.78 is 29.4.